The Kier molecular flexibility index (Phi) is 56.8. The highest BCUT2D eigenvalue weighted by Gasteiger charge is 2.16. The van der Waals surface area contributed by atoms with Gasteiger partial charge in [0, 0.05) is 12.8 Å². The highest BCUT2D eigenvalue weighted by atomic mass is 16.6. The van der Waals surface area contributed by atoms with Gasteiger partial charge in [-0.2, -0.15) is 0 Å². The molecule has 0 aromatic heterocycles. The van der Waals surface area contributed by atoms with Gasteiger partial charge in [-0.3, -0.25) is 9.59 Å². The van der Waals surface area contributed by atoms with Crippen molar-refractivity contribution in [2.24, 2.45) is 0 Å². The van der Waals surface area contributed by atoms with Crippen molar-refractivity contribution in [3.05, 3.63) is 60.8 Å². The molecule has 5 nitrogen and oxygen atoms in total. The summed E-state index contributed by atoms with van der Waals surface area (Å²) in [5.41, 5.74) is 0. The molecule has 1 unspecified atom stereocenters. The molecule has 0 aliphatic carbocycles. The first-order valence-corrected chi connectivity index (χ1v) is 29.8. The summed E-state index contributed by atoms with van der Waals surface area (Å²) in [7, 11) is 0. The van der Waals surface area contributed by atoms with Gasteiger partial charge in [-0.05, 0) is 77.0 Å². The van der Waals surface area contributed by atoms with Crippen LogP contribution in [-0.2, 0) is 19.1 Å². The quantitative estimate of drug-likeness (QED) is 0.0374. The second-order valence-corrected chi connectivity index (χ2v) is 20.1. The maximum atomic E-state index is 12.3. The molecule has 0 spiro atoms. The normalized spacial score (nSPS) is 12.6. The van der Waals surface area contributed by atoms with E-state index < -0.39 is 6.10 Å². The van der Waals surface area contributed by atoms with Crippen molar-refractivity contribution in [3.8, 4) is 0 Å². The minimum atomic E-state index is -0.776. The predicted octanol–water partition coefficient (Wildman–Crippen LogP) is 20.2. The van der Waals surface area contributed by atoms with E-state index in [0.717, 1.165) is 70.6 Å². The molecule has 0 aliphatic rings. The van der Waals surface area contributed by atoms with E-state index in [1.54, 1.807) is 0 Å². The van der Waals surface area contributed by atoms with Crippen molar-refractivity contribution >= 4 is 11.9 Å². The number of aliphatic hydroxyl groups is 1. The van der Waals surface area contributed by atoms with Crippen LogP contribution in [0.3, 0.4) is 0 Å². The van der Waals surface area contributed by atoms with Gasteiger partial charge in [0.2, 0.25) is 0 Å². The molecule has 0 saturated carbocycles. The van der Waals surface area contributed by atoms with E-state index in [1.165, 1.54) is 212 Å². The fourth-order valence-corrected chi connectivity index (χ4v) is 8.78. The van der Waals surface area contributed by atoms with E-state index in [1.807, 2.05) is 0 Å². The van der Waals surface area contributed by atoms with Crippen molar-refractivity contribution in [2.45, 2.75) is 315 Å². The molecule has 396 valence electrons. The second-order valence-electron chi connectivity index (χ2n) is 20.1. The van der Waals surface area contributed by atoms with Crippen LogP contribution < -0.4 is 0 Å². The predicted molar refractivity (Wildman–Crippen MR) is 297 cm³/mol. The molecule has 0 aromatic rings. The number of hydrogen-bond donors (Lipinski definition) is 1. The standard InChI is InChI=1S/C63H114O5/c1-3-5-7-9-11-13-15-17-18-19-20-21-22-23-24-25-26-27-28-29-30-31-32-33-34-35-36-37-38-39-40-41-42-43-44-46-48-50-52-54-56-58-63(66)68-61(59-64)60-67-62(65)57-55-53-51-49-47-45-16-14-12-10-8-6-4-2/h8,10,14-17,19-20,22-23,61,64H,3-7,9,11-13,18,21,24-60H2,1-2H3/b10-8-,16-14-,17-15-,20-19-,23-22-. The monoisotopic (exact) mass is 951 g/mol. The van der Waals surface area contributed by atoms with Crippen molar-refractivity contribution in [1.29, 1.82) is 0 Å². The third-order valence-corrected chi connectivity index (χ3v) is 13.3. The SMILES string of the molecule is CCC/C=C\C/C=C\CCCCCCCC(=O)OCC(CO)OC(=O)CCCCCCCCCCCCCCCCCCCCCCCCCCCC/C=C\C/C=C\C/C=C\CCCCCCC. The summed E-state index contributed by atoms with van der Waals surface area (Å²) in [6, 6.07) is 0. The first-order chi connectivity index (χ1) is 33.6. The van der Waals surface area contributed by atoms with Crippen LogP contribution in [-0.4, -0.2) is 36.4 Å². The van der Waals surface area contributed by atoms with Crippen LogP contribution in [0, 0.1) is 0 Å². The van der Waals surface area contributed by atoms with Crippen LogP contribution in [0.4, 0.5) is 0 Å². The Morgan fingerprint density at radius 2 is 0.618 bits per heavy atom. The fourth-order valence-electron chi connectivity index (χ4n) is 8.78. The van der Waals surface area contributed by atoms with E-state index >= 15 is 0 Å². The van der Waals surface area contributed by atoms with Gasteiger partial charge < -0.3 is 14.6 Å². The number of rotatable bonds is 55. The summed E-state index contributed by atoms with van der Waals surface area (Å²) in [5.74, 6) is -0.597. The first kappa shape index (κ1) is 65.6. The Balaban J connectivity index is 3.37. The average Bonchev–Trinajstić information content (AvgIpc) is 3.34. The smallest absolute Gasteiger partial charge is 0.306 e. The third-order valence-electron chi connectivity index (χ3n) is 13.3. The number of hydrogen-bond acceptors (Lipinski definition) is 5. The largest absolute Gasteiger partial charge is 0.462 e. The van der Waals surface area contributed by atoms with Crippen molar-refractivity contribution < 1.29 is 24.2 Å². The van der Waals surface area contributed by atoms with Gasteiger partial charge in [0.05, 0.1) is 6.61 Å². The molecule has 0 amide bonds. The summed E-state index contributed by atoms with van der Waals surface area (Å²) >= 11 is 0. The van der Waals surface area contributed by atoms with Crippen LogP contribution in [0.1, 0.15) is 309 Å². The van der Waals surface area contributed by atoms with Crippen LogP contribution in [0.25, 0.3) is 0 Å². The lowest BCUT2D eigenvalue weighted by molar-refractivity contribution is -0.161. The number of ether oxygens (including phenoxy) is 2. The summed E-state index contributed by atoms with van der Waals surface area (Å²) in [5, 5.41) is 9.62. The highest BCUT2D eigenvalue weighted by Crippen LogP contribution is 2.17. The van der Waals surface area contributed by atoms with E-state index in [4.69, 9.17) is 9.47 Å². The van der Waals surface area contributed by atoms with E-state index in [2.05, 4.69) is 74.6 Å². The first-order valence-electron chi connectivity index (χ1n) is 29.8. The minimum absolute atomic E-state index is 0.0709. The van der Waals surface area contributed by atoms with Gasteiger partial charge >= 0.3 is 11.9 Å². The zero-order chi connectivity index (χ0) is 49.2. The Bertz CT molecular complexity index is 1170. The molecule has 0 aromatic carbocycles. The number of allylic oxidation sites excluding steroid dienone is 10. The van der Waals surface area contributed by atoms with Crippen LogP contribution in [0.2, 0.25) is 0 Å². The molecule has 1 N–H and O–H groups in total. The average molecular weight is 952 g/mol. The molecular formula is C63H114O5. The maximum Gasteiger partial charge on any atom is 0.306 e. The molecule has 0 aliphatic heterocycles. The molecule has 1 atom stereocenters. The molecule has 0 saturated heterocycles. The fraction of sp³-hybridized carbons (Fsp3) is 0.810. The van der Waals surface area contributed by atoms with E-state index in [9.17, 15) is 14.7 Å². The molecule has 0 fully saturated rings. The Morgan fingerprint density at radius 1 is 0.338 bits per heavy atom. The Morgan fingerprint density at radius 3 is 0.941 bits per heavy atom. The summed E-state index contributed by atoms with van der Waals surface area (Å²) in [6.45, 7) is 4.07. The molecule has 0 rings (SSSR count). The lowest BCUT2D eigenvalue weighted by Gasteiger charge is -2.15. The van der Waals surface area contributed by atoms with Gasteiger partial charge in [-0.25, -0.2) is 0 Å². The van der Waals surface area contributed by atoms with Gasteiger partial charge in [-0.1, -0.05) is 280 Å². The molecule has 0 radical (unpaired) electrons. The lowest BCUT2D eigenvalue weighted by atomic mass is 10.0. The van der Waals surface area contributed by atoms with Crippen molar-refractivity contribution in [1.82, 2.24) is 0 Å². The number of esters is 2. The zero-order valence-corrected chi connectivity index (χ0v) is 45.4. The van der Waals surface area contributed by atoms with E-state index in [-0.39, 0.29) is 25.2 Å². The summed E-state index contributed by atoms with van der Waals surface area (Å²) < 4.78 is 10.7. The third kappa shape index (κ3) is 56.2. The van der Waals surface area contributed by atoms with Crippen molar-refractivity contribution in [2.75, 3.05) is 13.2 Å². The minimum Gasteiger partial charge on any atom is -0.462 e. The van der Waals surface area contributed by atoms with Crippen molar-refractivity contribution in [3.63, 3.8) is 0 Å². The zero-order valence-electron chi connectivity index (χ0n) is 45.4. The molecule has 0 heterocycles. The van der Waals surface area contributed by atoms with Gasteiger partial charge in [0.25, 0.3) is 0 Å². The van der Waals surface area contributed by atoms with Gasteiger partial charge in [-0.15, -0.1) is 0 Å². The number of carbonyl (C=O) groups excluding carboxylic acids is 2. The Labute approximate surface area is 423 Å². The summed E-state index contributed by atoms with van der Waals surface area (Å²) in [6.07, 6.45) is 79.5. The van der Waals surface area contributed by atoms with Gasteiger partial charge in [0.1, 0.15) is 6.61 Å². The van der Waals surface area contributed by atoms with E-state index in [0.29, 0.717) is 12.8 Å². The van der Waals surface area contributed by atoms with Crippen LogP contribution in [0.15, 0.2) is 60.8 Å². The van der Waals surface area contributed by atoms with Crippen LogP contribution in [0.5, 0.6) is 0 Å². The lowest BCUT2D eigenvalue weighted by Crippen LogP contribution is -2.28. The highest BCUT2D eigenvalue weighted by molar-refractivity contribution is 5.70. The number of unbranched alkanes of at least 4 members (excludes halogenated alkanes) is 37. The topological polar surface area (TPSA) is 72.8 Å². The van der Waals surface area contributed by atoms with Crippen LogP contribution >= 0.6 is 0 Å². The van der Waals surface area contributed by atoms with Gasteiger partial charge in [0.15, 0.2) is 6.10 Å². The second kappa shape index (κ2) is 58.9. The molecular weight excluding hydrogens is 837 g/mol. The molecule has 5 heteroatoms. The number of aliphatic hydroxyl groups excluding tert-OH is 1. The Hall–Kier alpha value is -2.40. The molecule has 0 bridgehead atoms. The molecule has 68 heavy (non-hydrogen) atoms. The summed E-state index contributed by atoms with van der Waals surface area (Å²) in [4.78, 5) is 24.4. The number of carbonyl (C=O) groups is 2. The maximum absolute atomic E-state index is 12.3.